The van der Waals surface area contributed by atoms with E-state index in [-0.39, 0.29) is 16.3 Å². The Labute approximate surface area is 202 Å². The fourth-order valence-corrected chi connectivity index (χ4v) is 3.27. The summed E-state index contributed by atoms with van der Waals surface area (Å²) in [5, 5.41) is 0.560. The zero-order valence-corrected chi connectivity index (χ0v) is 19.4. The molecule has 0 saturated heterocycles. The number of rotatable bonds is 5. The van der Waals surface area contributed by atoms with Crippen LogP contribution < -0.4 is 15.6 Å². The van der Waals surface area contributed by atoms with Crippen LogP contribution in [-0.4, -0.2) is 17.8 Å². The molecule has 2 N–H and O–H groups in total. The summed E-state index contributed by atoms with van der Waals surface area (Å²) >= 11 is 15.2. The molecular weight excluding hydrogens is 519 g/mol. The Hall–Kier alpha value is -3.13. The average molecular weight is 534 g/mol. The van der Waals surface area contributed by atoms with Crippen molar-refractivity contribution in [2.75, 3.05) is 0 Å². The average Bonchev–Trinajstić information content (AvgIpc) is 2.77. The maximum Gasteiger partial charge on any atom is 0.345 e. The third-order valence-electron chi connectivity index (χ3n) is 4.09. The minimum atomic E-state index is -0.668. The normalized spacial score (nSPS) is 10.6. The van der Waals surface area contributed by atoms with E-state index in [4.69, 9.17) is 27.9 Å². The summed E-state index contributed by atoms with van der Waals surface area (Å²) in [6.45, 7) is 0. The smallest absolute Gasteiger partial charge is 0.345 e. The molecule has 6 nitrogen and oxygen atoms in total. The molecule has 0 heterocycles. The van der Waals surface area contributed by atoms with E-state index in [2.05, 4.69) is 26.8 Å². The minimum absolute atomic E-state index is 0.156. The molecule has 0 fully saturated rings. The van der Waals surface area contributed by atoms with E-state index < -0.39 is 17.8 Å². The monoisotopic (exact) mass is 532 g/mol. The number of ether oxygens (including phenoxy) is 1. The van der Waals surface area contributed by atoms with Gasteiger partial charge in [0, 0.05) is 26.7 Å². The second-order valence-corrected chi connectivity index (χ2v) is 8.09. The molecule has 0 atom stereocenters. The summed E-state index contributed by atoms with van der Waals surface area (Å²) in [6.07, 6.45) is 2.65. The highest BCUT2D eigenvalue weighted by Gasteiger charge is 2.14. The molecule has 0 aromatic heterocycles. The van der Waals surface area contributed by atoms with Gasteiger partial charge in [0.15, 0.2) is 0 Å². The number of benzene rings is 3. The Kier molecular flexibility index (Phi) is 8.05. The standard InChI is InChI=1S/C23H15BrCl2N2O4/c24-16-8-5-15(6-9-16)22(30)28-27-21(29)12-7-14-3-1-2-4-20(14)32-23(31)18-11-10-17(25)13-19(18)26/h1-13H,(H,27,29)(H,28,30). The summed E-state index contributed by atoms with van der Waals surface area (Å²) in [5.41, 5.74) is 5.62. The van der Waals surface area contributed by atoms with Crippen molar-refractivity contribution < 1.29 is 19.1 Å². The molecule has 9 heteroatoms. The van der Waals surface area contributed by atoms with Gasteiger partial charge in [0.25, 0.3) is 11.8 Å². The van der Waals surface area contributed by atoms with Gasteiger partial charge < -0.3 is 4.74 Å². The molecule has 0 spiro atoms. The largest absolute Gasteiger partial charge is 0.422 e. The molecule has 0 aliphatic heterocycles. The lowest BCUT2D eigenvalue weighted by Gasteiger charge is -2.09. The number of hydrazine groups is 1. The van der Waals surface area contributed by atoms with Crippen molar-refractivity contribution in [1.29, 1.82) is 0 Å². The number of carbonyl (C=O) groups is 3. The summed E-state index contributed by atoms with van der Waals surface area (Å²) in [7, 11) is 0. The number of hydrogen-bond acceptors (Lipinski definition) is 4. The van der Waals surface area contributed by atoms with E-state index in [0.29, 0.717) is 16.1 Å². The van der Waals surface area contributed by atoms with E-state index in [0.717, 1.165) is 4.47 Å². The van der Waals surface area contributed by atoms with Crippen molar-refractivity contribution in [2.24, 2.45) is 0 Å². The Morgan fingerprint density at radius 1 is 0.906 bits per heavy atom. The van der Waals surface area contributed by atoms with Crippen molar-refractivity contribution in [3.05, 3.63) is 104 Å². The summed E-state index contributed by atoms with van der Waals surface area (Å²) in [5.74, 6) is -1.48. The van der Waals surface area contributed by atoms with E-state index in [1.54, 1.807) is 48.5 Å². The van der Waals surface area contributed by atoms with Crippen LogP contribution in [0, 0.1) is 0 Å². The zero-order chi connectivity index (χ0) is 23.1. The number of amides is 2. The summed E-state index contributed by atoms with van der Waals surface area (Å²) in [6, 6.07) is 17.7. The zero-order valence-electron chi connectivity index (χ0n) is 16.3. The molecule has 162 valence electrons. The molecule has 2 amide bonds. The number of para-hydroxylation sites is 1. The van der Waals surface area contributed by atoms with Crippen LogP contribution >= 0.6 is 39.1 Å². The second kappa shape index (κ2) is 10.9. The fraction of sp³-hybridized carbons (Fsp3) is 0. The lowest BCUT2D eigenvalue weighted by molar-refractivity contribution is -0.117. The number of esters is 1. The van der Waals surface area contributed by atoms with Gasteiger partial charge in [-0.05, 0) is 54.6 Å². The van der Waals surface area contributed by atoms with E-state index in [9.17, 15) is 14.4 Å². The Morgan fingerprint density at radius 2 is 1.62 bits per heavy atom. The van der Waals surface area contributed by atoms with E-state index in [1.165, 1.54) is 30.4 Å². The molecule has 0 radical (unpaired) electrons. The first kappa shape index (κ1) is 23.5. The second-order valence-electron chi connectivity index (χ2n) is 6.34. The van der Waals surface area contributed by atoms with Crippen molar-refractivity contribution in [3.8, 4) is 5.75 Å². The lowest BCUT2D eigenvalue weighted by Crippen LogP contribution is -2.40. The Balaban J connectivity index is 1.63. The molecule has 0 bridgehead atoms. The van der Waals surface area contributed by atoms with Crippen LogP contribution in [0.4, 0.5) is 0 Å². The van der Waals surface area contributed by atoms with Crippen molar-refractivity contribution in [1.82, 2.24) is 10.9 Å². The first-order valence-corrected chi connectivity index (χ1v) is 10.7. The fourth-order valence-electron chi connectivity index (χ4n) is 2.52. The minimum Gasteiger partial charge on any atom is -0.422 e. The van der Waals surface area contributed by atoms with Crippen LogP contribution in [0.5, 0.6) is 5.75 Å². The molecule has 0 saturated carbocycles. The molecule has 32 heavy (non-hydrogen) atoms. The molecule has 3 rings (SSSR count). The van der Waals surface area contributed by atoms with Gasteiger partial charge in [-0.15, -0.1) is 0 Å². The molecule has 3 aromatic rings. The molecule has 0 aliphatic rings. The third kappa shape index (κ3) is 6.43. The number of hydrogen-bond donors (Lipinski definition) is 2. The molecule has 0 aliphatic carbocycles. The van der Waals surface area contributed by atoms with Gasteiger partial charge in [0.05, 0.1) is 10.6 Å². The highest BCUT2D eigenvalue weighted by molar-refractivity contribution is 9.10. The van der Waals surface area contributed by atoms with E-state index in [1.807, 2.05) is 0 Å². The molecule has 0 unspecified atom stereocenters. The van der Waals surface area contributed by atoms with Gasteiger partial charge in [-0.3, -0.25) is 20.4 Å². The van der Waals surface area contributed by atoms with Gasteiger partial charge in [0.1, 0.15) is 5.75 Å². The van der Waals surface area contributed by atoms with Crippen LogP contribution in [-0.2, 0) is 4.79 Å². The van der Waals surface area contributed by atoms with Gasteiger partial charge in [-0.2, -0.15) is 0 Å². The first-order valence-electron chi connectivity index (χ1n) is 9.14. The highest BCUT2D eigenvalue weighted by Crippen LogP contribution is 2.25. The third-order valence-corrected chi connectivity index (χ3v) is 5.17. The van der Waals surface area contributed by atoms with Gasteiger partial charge in [-0.25, -0.2) is 4.79 Å². The first-order chi connectivity index (χ1) is 15.3. The quantitative estimate of drug-likeness (QED) is 0.198. The van der Waals surface area contributed by atoms with Gasteiger partial charge in [0.2, 0.25) is 0 Å². The van der Waals surface area contributed by atoms with Crippen LogP contribution in [0.15, 0.2) is 77.3 Å². The Morgan fingerprint density at radius 3 is 2.34 bits per heavy atom. The van der Waals surface area contributed by atoms with Crippen LogP contribution in [0.25, 0.3) is 6.08 Å². The van der Waals surface area contributed by atoms with Crippen LogP contribution in [0.2, 0.25) is 10.0 Å². The topological polar surface area (TPSA) is 84.5 Å². The van der Waals surface area contributed by atoms with Crippen LogP contribution in [0.3, 0.4) is 0 Å². The number of halogens is 3. The summed E-state index contributed by atoms with van der Waals surface area (Å²) in [4.78, 5) is 36.6. The SMILES string of the molecule is O=C(C=Cc1ccccc1OC(=O)c1ccc(Cl)cc1Cl)NNC(=O)c1ccc(Br)cc1. The van der Waals surface area contributed by atoms with Crippen molar-refractivity contribution >= 4 is 63.0 Å². The van der Waals surface area contributed by atoms with Gasteiger partial charge >= 0.3 is 5.97 Å². The predicted molar refractivity (Wildman–Crippen MR) is 127 cm³/mol. The predicted octanol–water partition coefficient (Wildman–Crippen LogP) is 5.45. The number of nitrogens with one attached hydrogen (secondary N) is 2. The summed E-state index contributed by atoms with van der Waals surface area (Å²) < 4.78 is 6.26. The molecule has 3 aromatic carbocycles. The number of carbonyl (C=O) groups excluding carboxylic acids is 3. The highest BCUT2D eigenvalue weighted by atomic mass is 79.9. The lowest BCUT2D eigenvalue weighted by atomic mass is 10.2. The van der Waals surface area contributed by atoms with Crippen LogP contribution in [0.1, 0.15) is 26.3 Å². The van der Waals surface area contributed by atoms with Crippen molar-refractivity contribution in [3.63, 3.8) is 0 Å². The molecular formula is C23H15BrCl2N2O4. The Bertz CT molecular complexity index is 1200. The maximum absolute atomic E-state index is 12.5. The van der Waals surface area contributed by atoms with E-state index >= 15 is 0 Å². The van der Waals surface area contributed by atoms with Gasteiger partial charge in [-0.1, -0.05) is 57.3 Å². The van der Waals surface area contributed by atoms with Crippen molar-refractivity contribution in [2.45, 2.75) is 0 Å². The maximum atomic E-state index is 12.5.